The number of anilines is 1. The average Bonchev–Trinajstić information content (AvgIpc) is 3.17. The first kappa shape index (κ1) is 18.1. The Kier molecular flexibility index (Phi) is 6.33. The molecule has 1 saturated heterocycles. The minimum absolute atomic E-state index is 0.113. The van der Waals surface area contributed by atoms with Crippen molar-refractivity contribution in [3.63, 3.8) is 0 Å². The standard InChI is InChI=1S/C20H24N2O4/c1-24-17-11-12-22(15-17)20(23)21-18-9-5-6-10-19(18)26-14-13-25-16-7-3-2-4-8-16/h2-10,17H,11-15H2,1H3,(H,21,23). The summed E-state index contributed by atoms with van der Waals surface area (Å²) in [5, 5.41) is 2.92. The van der Waals surface area contributed by atoms with Gasteiger partial charge >= 0.3 is 6.03 Å². The van der Waals surface area contributed by atoms with Crippen molar-refractivity contribution in [2.24, 2.45) is 0 Å². The number of amides is 2. The zero-order valence-electron chi connectivity index (χ0n) is 14.9. The molecule has 1 aliphatic heterocycles. The second-order valence-corrected chi connectivity index (χ2v) is 6.03. The van der Waals surface area contributed by atoms with Crippen molar-refractivity contribution in [2.45, 2.75) is 12.5 Å². The largest absolute Gasteiger partial charge is 0.490 e. The van der Waals surface area contributed by atoms with Gasteiger partial charge in [0.15, 0.2) is 0 Å². The fraction of sp³-hybridized carbons (Fsp3) is 0.350. The van der Waals surface area contributed by atoms with Crippen LogP contribution in [0.3, 0.4) is 0 Å². The number of methoxy groups -OCH3 is 1. The van der Waals surface area contributed by atoms with Crippen LogP contribution in [0, 0.1) is 0 Å². The maximum Gasteiger partial charge on any atom is 0.322 e. The van der Waals surface area contributed by atoms with Gasteiger partial charge in [-0.25, -0.2) is 4.79 Å². The van der Waals surface area contributed by atoms with E-state index < -0.39 is 0 Å². The van der Waals surface area contributed by atoms with Crippen molar-refractivity contribution in [1.82, 2.24) is 4.90 Å². The molecule has 0 radical (unpaired) electrons. The fourth-order valence-electron chi connectivity index (χ4n) is 2.82. The number of nitrogens with one attached hydrogen (secondary N) is 1. The molecule has 1 fully saturated rings. The van der Waals surface area contributed by atoms with Crippen LogP contribution in [0.1, 0.15) is 6.42 Å². The van der Waals surface area contributed by atoms with Gasteiger partial charge in [0, 0.05) is 20.2 Å². The molecule has 138 valence electrons. The molecule has 0 bridgehead atoms. The normalized spacial score (nSPS) is 16.3. The Morgan fingerprint density at radius 3 is 2.58 bits per heavy atom. The summed E-state index contributed by atoms with van der Waals surface area (Å²) in [5.74, 6) is 1.43. The SMILES string of the molecule is COC1CCN(C(=O)Nc2ccccc2OCCOc2ccccc2)C1. The van der Waals surface area contributed by atoms with E-state index in [1.54, 1.807) is 12.0 Å². The van der Waals surface area contributed by atoms with E-state index in [4.69, 9.17) is 14.2 Å². The molecule has 6 heteroatoms. The molecule has 1 atom stereocenters. The lowest BCUT2D eigenvalue weighted by atomic mass is 10.3. The van der Waals surface area contributed by atoms with Crippen molar-refractivity contribution in [3.8, 4) is 11.5 Å². The van der Waals surface area contributed by atoms with Gasteiger partial charge < -0.3 is 24.4 Å². The molecule has 1 heterocycles. The van der Waals surface area contributed by atoms with E-state index in [0.717, 1.165) is 12.2 Å². The quantitative estimate of drug-likeness (QED) is 0.773. The second-order valence-electron chi connectivity index (χ2n) is 6.03. The molecule has 0 aliphatic carbocycles. The predicted molar refractivity (Wildman–Crippen MR) is 99.9 cm³/mol. The Morgan fingerprint density at radius 1 is 1.08 bits per heavy atom. The monoisotopic (exact) mass is 356 g/mol. The van der Waals surface area contributed by atoms with Gasteiger partial charge in [0.05, 0.1) is 11.8 Å². The molecule has 1 aliphatic rings. The van der Waals surface area contributed by atoms with E-state index in [2.05, 4.69) is 5.32 Å². The van der Waals surface area contributed by atoms with Crippen molar-refractivity contribution < 1.29 is 19.0 Å². The molecule has 3 rings (SSSR count). The lowest BCUT2D eigenvalue weighted by Crippen LogP contribution is -2.34. The topological polar surface area (TPSA) is 60.0 Å². The molecule has 1 unspecified atom stereocenters. The summed E-state index contributed by atoms with van der Waals surface area (Å²) in [6.45, 7) is 2.11. The summed E-state index contributed by atoms with van der Waals surface area (Å²) in [5.41, 5.74) is 0.651. The summed E-state index contributed by atoms with van der Waals surface area (Å²) in [4.78, 5) is 14.2. The van der Waals surface area contributed by atoms with Crippen LogP contribution in [-0.4, -0.2) is 50.4 Å². The van der Waals surface area contributed by atoms with Crippen LogP contribution < -0.4 is 14.8 Å². The van der Waals surface area contributed by atoms with Crippen molar-refractivity contribution in [3.05, 3.63) is 54.6 Å². The van der Waals surface area contributed by atoms with Crippen LogP contribution in [0.2, 0.25) is 0 Å². The number of nitrogens with zero attached hydrogens (tertiary/aromatic N) is 1. The van der Waals surface area contributed by atoms with Crippen LogP contribution in [0.4, 0.5) is 10.5 Å². The summed E-state index contributed by atoms with van der Waals surface area (Å²) in [6.07, 6.45) is 0.973. The van der Waals surface area contributed by atoms with Gasteiger partial charge in [0.1, 0.15) is 24.7 Å². The van der Waals surface area contributed by atoms with E-state index in [1.807, 2.05) is 54.6 Å². The Morgan fingerprint density at radius 2 is 1.81 bits per heavy atom. The van der Waals surface area contributed by atoms with Crippen molar-refractivity contribution in [1.29, 1.82) is 0 Å². The maximum atomic E-state index is 12.4. The van der Waals surface area contributed by atoms with Gasteiger partial charge in [-0.2, -0.15) is 0 Å². The average molecular weight is 356 g/mol. The zero-order chi connectivity index (χ0) is 18.2. The molecule has 0 aromatic heterocycles. The van der Waals surface area contributed by atoms with E-state index in [1.165, 1.54) is 0 Å². The number of hydrogen-bond donors (Lipinski definition) is 1. The molecule has 2 aromatic rings. The molecule has 6 nitrogen and oxygen atoms in total. The van der Waals surface area contributed by atoms with Gasteiger partial charge in [-0.05, 0) is 30.7 Å². The predicted octanol–water partition coefficient (Wildman–Crippen LogP) is 3.40. The number of ether oxygens (including phenoxy) is 3. The minimum Gasteiger partial charge on any atom is -0.490 e. The Bertz CT molecular complexity index is 708. The molecule has 0 spiro atoms. The first-order valence-corrected chi connectivity index (χ1v) is 8.74. The third kappa shape index (κ3) is 4.89. The van der Waals surface area contributed by atoms with Gasteiger partial charge in [-0.1, -0.05) is 30.3 Å². The second kappa shape index (κ2) is 9.10. The summed E-state index contributed by atoms with van der Waals surface area (Å²) in [7, 11) is 1.67. The number of likely N-dealkylation sites (tertiary alicyclic amines) is 1. The lowest BCUT2D eigenvalue weighted by Gasteiger charge is -2.18. The Hall–Kier alpha value is -2.73. The number of urea groups is 1. The van der Waals surface area contributed by atoms with Crippen molar-refractivity contribution >= 4 is 11.7 Å². The molecule has 0 saturated carbocycles. The van der Waals surface area contributed by atoms with Crippen LogP contribution in [0.5, 0.6) is 11.5 Å². The van der Waals surface area contributed by atoms with Crippen LogP contribution in [0.15, 0.2) is 54.6 Å². The zero-order valence-corrected chi connectivity index (χ0v) is 14.9. The van der Waals surface area contributed by atoms with E-state index in [0.29, 0.717) is 37.7 Å². The molecular formula is C20H24N2O4. The highest BCUT2D eigenvalue weighted by Gasteiger charge is 2.26. The van der Waals surface area contributed by atoms with Gasteiger partial charge in [-0.15, -0.1) is 0 Å². The highest BCUT2D eigenvalue weighted by Crippen LogP contribution is 2.25. The van der Waals surface area contributed by atoms with Crippen LogP contribution >= 0.6 is 0 Å². The van der Waals surface area contributed by atoms with E-state index in [9.17, 15) is 4.79 Å². The highest BCUT2D eigenvalue weighted by molar-refractivity contribution is 5.91. The number of rotatable bonds is 7. The first-order valence-electron chi connectivity index (χ1n) is 8.74. The minimum atomic E-state index is -0.138. The van der Waals surface area contributed by atoms with Gasteiger partial charge in [-0.3, -0.25) is 0 Å². The Labute approximate surface area is 153 Å². The van der Waals surface area contributed by atoms with Crippen molar-refractivity contribution in [2.75, 3.05) is 38.7 Å². The highest BCUT2D eigenvalue weighted by atomic mass is 16.5. The molecule has 1 N–H and O–H groups in total. The smallest absolute Gasteiger partial charge is 0.322 e. The lowest BCUT2D eigenvalue weighted by molar-refractivity contribution is 0.111. The molecule has 2 amide bonds. The number of hydrogen-bond acceptors (Lipinski definition) is 4. The van der Waals surface area contributed by atoms with Crippen LogP contribution in [-0.2, 0) is 4.74 Å². The van der Waals surface area contributed by atoms with E-state index in [-0.39, 0.29) is 12.1 Å². The third-order valence-corrected chi connectivity index (χ3v) is 4.25. The number of para-hydroxylation sites is 3. The summed E-state index contributed by atoms with van der Waals surface area (Å²) < 4.78 is 16.7. The number of carbonyl (C=O) groups is 1. The van der Waals surface area contributed by atoms with Crippen LogP contribution in [0.25, 0.3) is 0 Å². The van der Waals surface area contributed by atoms with Gasteiger partial charge in [0.25, 0.3) is 0 Å². The molecule has 26 heavy (non-hydrogen) atoms. The third-order valence-electron chi connectivity index (χ3n) is 4.25. The number of benzene rings is 2. The number of carbonyl (C=O) groups excluding carboxylic acids is 1. The van der Waals surface area contributed by atoms with Gasteiger partial charge in [0.2, 0.25) is 0 Å². The molecular weight excluding hydrogens is 332 g/mol. The van der Waals surface area contributed by atoms with E-state index >= 15 is 0 Å². The first-order chi connectivity index (χ1) is 12.8. The fourth-order valence-corrected chi connectivity index (χ4v) is 2.82. The Balaban J connectivity index is 1.50. The summed E-state index contributed by atoms with van der Waals surface area (Å²) in [6, 6.07) is 16.9. The molecule has 2 aromatic carbocycles. The summed E-state index contributed by atoms with van der Waals surface area (Å²) >= 11 is 0. The maximum absolute atomic E-state index is 12.4.